The van der Waals surface area contributed by atoms with Crippen molar-refractivity contribution in [3.05, 3.63) is 95.1 Å². The van der Waals surface area contributed by atoms with Gasteiger partial charge in [-0.05, 0) is 84.7 Å². The molecule has 1 aliphatic heterocycles. The van der Waals surface area contributed by atoms with Crippen LogP contribution in [0.3, 0.4) is 0 Å². The molecule has 37 heavy (non-hydrogen) atoms. The Morgan fingerprint density at radius 1 is 1.08 bits per heavy atom. The number of ether oxygens (including phenoxy) is 1. The number of phenolic OH excluding ortho intramolecular Hbond substituents is 1. The normalized spacial score (nSPS) is 16.6. The molecule has 3 aromatic carbocycles. The Balaban J connectivity index is 1.39. The molecule has 0 unspecified atom stereocenters. The van der Waals surface area contributed by atoms with Gasteiger partial charge in [-0.3, -0.25) is 9.69 Å². The summed E-state index contributed by atoms with van der Waals surface area (Å²) in [5.41, 5.74) is 2.29. The molecule has 1 aliphatic rings. The maximum atomic E-state index is 13.6. The first-order valence-electron chi connectivity index (χ1n) is 12.7. The van der Waals surface area contributed by atoms with Crippen LogP contribution in [0, 0.1) is 17.6 Å². The molecule has 0 saturated heterocycles. The first-order chi connectivity index (χ1) is 17.8. The lowest BCUT2D eigenvalue weighted by atomic mass is 9.95. The van der Waals surface area contributed by atoms with Crippen LogP contribution in [0.15, 0.2) is 66.7 Å². The third kappa shape index (κ3) is 7.37. The number of aromatic hydroxyl groups is 1. The number of hydrogen-bond acceptors (Lipinski definition) is 5. The SMILES string of the molecule is C[C@H](CCc1cc(F)ccc1O)[C@H](O)CN(CC(=O)[C@@H]1CCc2cc(F)ccc2O1)Cc1ccccc1. The minimum absolute atomic E-state index is 0.0381. The van der Waals surface area contributed by atoms with Gasteiger partial charge in [-0.25, -0.2) is 8.78 Å². The van der Waals surface area contributed by atoms with Crippen LogP contribution in [0.4, 0.5) is 8.78 Å². The molecule has 0 amide bonds. The summed E-state index contributed by atoms with van der Waals surface area (Å²) in [6.45, 7) is 2.76. The number of hydrogen-bond donors (Lipinski definition) is 2. The van der Waals surface area contributed by atoms with E-state index in [4.69, 9.17) is 4.74 Å². The van der Waals surface area contributed by atoms with Crippen molar-refractivity contribution in [2.45, 2.75) is 51.4 Å². The van der Waals surface area contributed by atoms with E-state index in [-0.39, 0.29) is 36.4 Å². The molecular formula is C30H33F2NO4. The molecule has 0 saturated carbocycles. The fraction of sp³-hybridized carbons (Fsp3) is 0.367. The van der Waals surface area contributed by atoms with Crippen LogP contribution >= 0.6 is 0 Å². The highest BCUT2D eigenvalue weighted by atomic mass is 19.1. The molecule has 0 bridgehead atoms. The number of Topliss-reactive ketones (excluding diaryl/α,β-unsaturated/α-hetero) is 1. The average Bonchev–Trinajstić information content (AvgIpc) is 2.89. The van der Waals surface area contributed by atoms with Gasteiger partial charge in [0, 0.05) is 13.1 Å². The monoisotopic (exact) mass is 509 g/mol. The molecule has 0 fully saturated rings. The molecule has 1 heterocycles. The maximum Gasteiger partial charge on any atom is 0.187 e. The van der Waals surface area contributed by atoms with Gasteiger partial charge in [0.2, 0.25) is 0 Å². The third-order valence-corrected chi connectivity index (χ3v) is 6.97. The minimum Gasteiger partial charge on any atom is -0.508 e. The fourth-order valence-electron chi connectivity index (χ4n) is 4.71. The van der Waals surface area contributed by atoms with Gasteiger partial charge >= 0.3 is 0 Å². The minimum atomic E-state index is -0.733. The molecule has 0 spiro atoms. The van der Waals surface area contributed by atoms with Crippen LogP contribution < -0.4 is 4.74 Å². The highest BCUT2D eigenvalue weighted by molar-refractivity contribution is 5.85. The molecule has 5 nitrogen and oxygen atoms in total. The van der Waals surface area contributed by atoms with Crippen LogP contribution in [0.1, 0.15) is 36.5 Å². The first kappa shape index (κ1) is 26.8. The van der Waals surface area contributed by atoms with Crippen molar-refractivity contribution in [2.75, 3.05) is 13.1 Å². The highest BCUT2D eigenvalue weighted by Gasteiger charge is 2.29. The van der Waals surface area contributed by atoms with Crippen molar-refractivity contribution >= 4 is 5.78 Å². The van der Waals surface area contributed by atoms with E-state index in [2.05, 4.69) is 0 Å². The topological polar surface area (TPSA) is 70.0 Å². The Bertz CT molecular complexity index is 1200. The van der Waals surface area contributed by atoms with Crippen molar-refractivity contribution in [3.63, 3.8) is 0 Å². The second-order valence-corrected chi connectivity index (χ2v) is 9.88. The van der Waals surface area contributed by atoms with Crippen molar-refractivity contribution < 1.29 is 28.5 Å². The number of nitrogens with zero attached hydrogens (tertiary/aromatic N) is 1. The van der Waals surface area contributed by atoms with Gasteiger partial charge in [0.25, 0.3) is 0 Å². The molecule has 3 aromatic rings. The first-order valence-corrected chi connectivity index (χ1v) is 12.7. The van der Waals surface area contributed by atoms with Crippen molar-refractivity contribution in [2.24, 2.45) is 5.92 Å². The van der Waals surface area contributed by atoms with Gasteiger partial charge in [0.15, 0.2) is 11.9 Å². The predicted molar refractivity (Wildman–Crippen MR) is 137 cm³/mol. The maximum absolute atomic E-state index is 13.6. The number of phenols is 1. The number of fused-ring (bicyclic) bond motifs is 1. The average molecular weight is 510 g/mol. The van der Waals surface area contributed by atoms with Crippen molar-refractivity contribution in [1.29, 1.82) is 0 Å². The number of carbonyl (C=O) groups is 1. The molecule has 0 radical (unpaired) electrons. The van der Waals surface area contributed by atoms with Gasteiger partial charge in [-0.2, -0.15) is 0 Å². The molecule has 0 aliphatic carbocycles. The van der Waals surface area contributed by atoms with Gasteiger partial charge in [0.1, 0.15) is 23.1 Å². The molecule has 196 valence electrons. The van der Waals surface area contributed by atoms with Crippen LogP contribution in [0.25, 0.3) is 0 Å². The lowest BCUT2D eigenvalue weighted by Gasteiger charge is -2.30. The van der Waals surface area contributed by atoms with Gasteiger partial charge < -0.3 is 14.9 Å². The molecule has 0 aromatic heterocycles. The number of aliphatic hydroxyl groups excluding tert-OH is 1. The Labute approximate surface area is 216 Å². The highest BCUT2D eigenvalue weighted by Crippen LogP contribution is 2.29. The Morgan fingerprint density at radius 3 is 2.59 bits per heavy atom. The summed E-state index contributed by atoms with van der Waals surface area (Å²) in [7, 11) is 0. The number of aliphatic hydroxyl groups is 1. The third-order valence-electron chi connectivity index (χ3n) is 6.97. The summed E-state index contributed by atoms with van der Waals surface area (Å²) < 4.78 is 33.0. The van der Waals surface area contributed by atoms with Crippen molar-refractivity contribution in [1.82, 2.24) is 4.90 Å². The molecular weight excluding hydrogens is 476 g/mol. The lowest BCUT2D eigenvalue weighted by Crippen LogP contribution is -2.43. The summed E-state index contributed by atoms with van der Waals surface area (Å²) >= 11 is 0. The number of halogens is 2. The van der Waals surface area contributed by atoms with E-state index in [0.717, 1.165) is 11.1 Å². The Kier molecular flexibility index (Phi) is 8.90. The predicted octanol–water partition coefficient (Wildman–Crippen LogP) is 5.07. The van der Waals surface area contributed by atoms with Crippen molar-refractivity contribution in [3.8, 4) is 11.5 Å². The largest absolute Gasteiger partial charge is 0.508 e. The number of ketones is 1. The zero-order valence-corrected chi connectivity index (χ0v) is 20.9. The van der Waals surface area contributed by atoms with Gasteiger partial charge in [0.05, 0.1) is 12.6 Å². The molecule has 3 atom stereocenters. The summed E-state index contributed by atoms with van der Waals surface area (Å²) in [5.74, 6) is -0.395. The number of aryl methyl sites for hydroxylation is 2. The summed E-state index contributed by atoms with van der Waals surface area (Å²) in [4.78, 5) is 15.1. The second-order valence-electron chi connectivity index (χ2n) is 9.88. The Morgan fingerprint density at radius 2 is 1.81 bits per heavy atom. The van der Waals surface area contributed by atoms with Crippen LogP contribution in [-0.4, -0.2) is 46.2 Å². The van der Waals surface area contributed by atoms with E-state index in [9.17, 15) is 23.8 Å². The van der Waals surface area contributed by atoms with E-state index in [1.165, 1.54) is 30.3 Å². The van der Waals surface area contributed by atoms with E-state index in [1.54, 1.807) is 6.07 Å². The Hall–Kier alpha value is -3.29. The number of rotatable bonds is 11. The van der Waals surface area contributed by atoms with Crippen LogP contribution in [-0.2, 0) is 24.2 Å². The standard InChI is InChI=1S/C30H33F2NO4/c1-20(7-8-22-15-24(31)10-12-26(22)34)27(35)18-33(17-21-5-3-2-4-6-21)19-28(36)30-13-9-23-16-25(32)11-14-29(23)37-30/h2-6,10-12,14-16,20,27,30,34-35H,7-9,13,17-19H2,1H3/t20-,27-,30+/m1/s1. The molecule has 4 rings (SSSR count). The zero-order valence-electron chi connectivity index (χ0n) is 20.9. The summed E-state index contributed by atoms with van der Waals surface area (Å²) in [6, 6.07) is 17.9. The van der Waals surface area contributed by atoms with Crippen LogP contribution in [0.5, 0.6) is 11.5 Å². The van der Waals surface area contributed by atoms with E-state index in [0.29, 0.717) is 43.5 Å². The van der Waals surface area contributed by atoms with Gasteiger partial charge in [-0.1, -0.05) is 37.3 Å². The van der Waals surface area contributed by atoms with E-state index in [1.807, 2.05) is 42.2 Å². The number of carbonyl (C=O) groups excluding carboxylic acids is 1. The quantitative estimate of drug-likeness (QED) is 0.378. The lowest BCUT2D eigenvalue weighted by molar-refractivity contribution is -0.128. The summed E-state index contributed by atoms with van der Waals surface area (Å²) in [6.07, 6.45) is 0.656. The second kappa shape index (κ2) is 12.3. The smallest absolute Gasteiger partial charge is 0.187 e. The van der Waals surface area contributed by atoms with E-state index >= 15 is 0 Å². The molecule has 2 N–H and O–H groups in total. The summed E-state index contributed by atoms with van der Waals surface area (Å²) in [5, 5.41) is 21.0. The fourth-order valence-corrected chi connectivity index (χ4v) is 4.71. The number of benzene rings is 3. The van der Waals surface area contributed by atoms with Gasteiger partial charge in [-0.15, -0.1) is 0 Å². The zero-order chi connectivity index (χ0) is 26.4. The van der Waals surface area contributed by atoms with Crippen LogP contribution in [0.2, 0.25) is 0 Å². The van der Waals surface area contributed by atoms with E-state index < -0.39 is 18.0 Å². The molecule has 7 heteroatoms.